The number of nitrogens with two attached hydrogens (primary N) is 1. The highest BCUT2D eigenvalue weighted by molar-refractivity contribution is 7.79. The number of pyridine rings is 3. The molecule has 1 unspecified atom stereocenters. The summed E-state index contributed by atoms with van der Waals surface area (Å²) in [5.74, 6) is 0.0505. The van der Waals surface area contributed by atoms with Crippen molar-refractivity contribution in [3.05, 3.63) is 67.3 Å². The Morgan fingerprint density at radius 2 is 1.69 bits per heavy atom. The average molecular weight is 362 g/mol. The number of benzene rings is 1. The summed E-state index contributed by atoms with van der Waals surface area (Å²) in [4.78, 5) is 12.6. The lowest BCUT2D eigenvalue weighted by atomic mass is 9.98. The predicted molar refractivity (Wildman–Crippen MR) is 102 cm³/mol. The van der Waals surface area contributed by atoms with E-state index in [4.69, 9.17) is 5.73 Å². The zero-order valence-corrected chi connectivity index (χ0v) is 14.4. The Kier molecular flexibility index (Phi) is 4.16. The van der Waals surface area contributed by atoms with E-state index in [9.17, 15) is 8.76 Å². The molecule has 0 aliphatic heterocycles. The van der Waals surface area contributed by atoms with Crippen LogP contribution in [0.2, 0.25) is 0 Å². The van der Waals surface area contributed by atoms with Crippen molar-refractivity contribution in [2.45, 2.75) is 4.90 Å². The Bertz CT molecular complexity index is 1130. The Morgan fingerprint density at radius 3 is 2.46 bits per heavy atom. The summed E-state index contributed by atoms with van der Waals surface area (Å²) in [7, 11) is 0. The maximum Gasteiger partial charge on any atom is 0.190 e. The van der Waals surface area contributed by atoms with Gasteiger partial charge in [0.1, 0.15) is 10.7 Å². The van der Waals surface area contributed by atoms with Gasteiger partial charge in [0.15, 0.2) is 11.1 Å². The van der Waals surface area contributed by atoms with Crippen LogP contribution in [-0.4, -0.2) is 23.7 Å². The molecule has 0 amide bonds. The SMILES string of the molecule is Nc1ncc(-c2ccc3nccc(-c4ccncc4)c3c2)cc1S(=O)O. The molecule has 0 saturated carbocycles. The van der Waals surface area contributed by atoms with E-state index in [-0.39, 0.29) is 10.7 Å². The predicted octanol–water partition coefficient (Wildman–Crippen LogP) is 3.52. The van der Waals surface area contributed by atoms with Crippen LogP contribution in [0.15, 0.2) is 72.1 Å². The van der Waals surface area contributed by atoms with Crippen molar-refractivity contribution >= 4 is 27.8 Å². The molecule has 1 aromatic carbocycles. The van der Waals surface area contributed by atoms with E-state index in [1.165, 1.54) is 0 Å². The maximum atomic E-state index is 11.4. The van der Waals surface area contributed by atoms with E-state index < -0.39 is 11.1 Å². The molecule has 26 heavy (non-hydrogen) atoms. The number of nitrogens with zero attached hydrogens (tertiary/aromatic N) is 3. The van der Waals surface area contributed by atoms with Crippen molar-refractivity contribution in [3.63, 3.8) is 0 Å². The van der Waals surface area contributed by atoms with Crippen LogP contribution in [0.1, 0.15) is 0 Å². The van der Waals surface area contributed by atoms with Crippen LogP contribution >= 0.6 is 0 Å². The second-order valence-corrected chi connectivity index (χ2v) is 6.62. The molecule has 3 N–H and O–H groups in total. The third kappa shape index (κ3) is 2.94. The first kappa shape index (κ1) is 16.3. The summed E-state index contributed by atoms with van der Waals surface area (Å²) in [6.45, 7) is 0. The molecular formula is C19H14N4O2S. The standard InChI is InChI=1S/C19H14N4O2S/c20-19-18(26(24)25)10-14(11-23-19)13-1-2-17-16(9-13)15(5-8-22-17)12-3-6-21-7-4-12/h1-11H,(H2,20,23)(H,24,25). The Morgan fingerprint density at radius 1 is 0.885 bits per heavy atom. The second kappa shape index (κ2) is 6.62. The highest BCUT2D eigenvalue weighted by atomic mass is 32.2. The molecule has 128 valence electrons. The molecule has 0 aliphatic rings. The molecule has 3 aromatic heterocycles. The van der Waals surface area contributed by atoms with Crippen molar-refractivity contribution in [3.8, 4) is 22.3 Å². The lowest BCUT2D eigenvalue weighted by molar-refractivity contribution is 0.564. The molecule has 7 heteroatoms. The van der Waals surface area contributed by atoms with Gasteiger partial charge in [0, 0.05) is 35.7 Å². The fourth-order valence-electron chi connectivity index (χ4n) is 2.86. The van der Waals surface area contributed by atoms with Gasteiger partial charge < -0.3 is 10.3 Å². The largest absolute Gasteiger partial charge is 0.383 e. The minimum absolute atomic E-state index is 0.0505. The number of hydrogen-bond donors (Lipinski definition) is 2. The van der Waals surface area contributed by atoms with Crippen molar-refractivity contribution in [1.82, 2.24) is 15.0 Å². The Hall–Kier alpha value is -3.16. The van der Waals surface area contributed by atoms with Crippen molar-refractivity contribution in [2.75, 3.05) is 5.73 Å². The fourth-order valence-corrected chi connectivity index (χ4v) is 3.32. The molecule has 1 atom stereocenters. The average Bonchev–Trinajstić information content (AvgIpc) is 2.68. The molecule has 3 heterocycles. The molecule has 0 saturated heterocycles. The van der Waals surface area contributed by atoms with Gasteiger partial charge in [-0.3, -0.25) is 9.97 Å². The molecule has 0 radical (unpaired) electrons. The quantitative estimate of drug-likeness (QED) is 0.541. The van der Waals surface area contributed by atoms with Gasteiger partial charge in [-0.2, -0.15) is 0 Å². The summed E-state index contributed by atoms with van der Waals surface area (Å²) in [6, 6.07) is 13.2. The lowest BCUT2D eigenvalue weighted by Gasteiger charge is -2.09. The zero-order valence-electron chi connectivity index (χ0n) is 13.5. The van der Waals surface area contributed by atoms with E-state index in [1.54, 1.807) is 30.9 Å². The van der Waals surface area contributed by atoms with Gasteiger partial charge in [-0.1, -0.05) is 6.07 Å². The molecule has 0 bridgehead atoms. The first-order valence-corrected chi connectivity index (χ1v) is 8.90. The molecule has 0 spiro atoms. The number of anilines is 1. The van der Waals surface area contributed by atoms with Crippen molar-refractivity contribution in [1.29, 1.82) is 0 Å². The van der Waals surface area contributed by atoms with Crippen LogP contribution in [0, 0.1) is 0 Å². The van der Waals surface area contributed by atoms with E-state index in [1.807, 2.05) is 36.4 Å². The molecule has 4 rings (SSSR count). The zero-order chi connectivity index (χ0) is 18.1. The van der Waals surface area contributed by atoms with Crippen LogP contribution in [0.3, 0.4) is 0 Å². The van der Waals surface area contributed by atoms with Gasteiger partial charge in [0.2, 0.25) is 0 Å². The lowest BCUT2D eigenvalue weighted by Crippen LogP contribution is -2.00. The van der Waals surface area contributed by atoms with Crippen molar-refractivity contribution < 1.29 is 8.76 Å². The first-order chi connectivity index (χ1) is 12.6. The molecule has 0 aliphatic carbocycles. The minimum atomic E-state index is -2.19. The maximum absolute atomic E-state index is 11.4. The second-order valence-electron chi connectivity index (χ2n) is 5.68. The number of hydrogen-bond acceptors (Lipinski definition) is 5. The summed E-state index contributed by atoms with van der Waals surface area (Å²) in [5.41, 5.74) is 10.2. The van der Waals surface area contributed by atoms with Gasteiger partial charge in [-0.15, -0.1) is 0 Å². The molecular weight excluding hydrogens is 348 g/mol. The normalized spacial score (nSPS) is 12.2. The van der Waals surface area contributed by atoms with E-state index >= 15 is 0 Å². The van der Waals surface area contributed by atoms with Gasteiger partial charge >= 0.3 is 0 Å². The fraction of sp³-hybridized carbons (Fsp3) is 0. The highest BCUT2D eigenvalue weighted by Crippen LogP contribution is 2.31. The topological polar surface area (TPSA) is 102 Å². The van der Waals surface area contributed by atoms with E-state index in [2.05, 4.69) is 15.0 Å². The smallest absolute Gasteiger partial charge is 0.190 e. The van der Waals surface area contributed by atoms with Gasteiger partial charge in [0.25, 0.3) is 0 Å². The summed E-state index contributed by atoms with van der Waals surface area (Å²) >= 11 is -2.19. The van der Waals surface area contributed by atoms with Crippen molar-refractivity contribution in [2.24, 2.45) is 0 Å². The van der Waals surface area contributed by atoms with Gasteiger partial charge in [-0.25, -0.2) is 9.19 Å². The van der Waals surface area contributed by atoms with Gasteiger partial charge in [-0.05, 0) is 53.1 Å². The summed E-state index contributed by atoms with van der Waals surface area (Å²) in [5, 5.41) is 0.972. The number of aromatic nitrogens is 3. The van der Waals surface area contributed by atoms with Gasteiger partial charge in [0.05, 0.1) is 5.52 Å². The molecule has 4 aromatic rings. The van der Waals surface area contributed by atoms with Crippen LogP contribution < -0.4 is 5.73 Å². The minimum Gasteiger partial charge on any atom is -0.383 e. The molecule has 0 fully saturated rings. The number of fused-ring (bicyclic) bond motifs is 1. The molecule has 6 nitrogen and oxygen atoms in total. The van der Waals surface area contributed by atoms with Crippen LogP contribution in [-0.2, 0) is 11.1 Å². The first-order valence-electron chi connectivity index (χ1n) is 7.79. The van der Waals surface area contributed by atoms with Crippen LogP contribution in [0.25, 0.3) is 33.2 Å². The monoisotopic (exact) mass is 362 g/mol. The third-order valence-electron chi connectivity index (χ3n) is 4.14. The Labute approximate surface area is 152 Å². The third-order valence-corrected chi connectivity index (χ3v) is 4.84. The van der Waals surface area contributed by atoms with E-state index in [0.29, 0.717) is 5.56 Å². The Balaban J connectivity index is 1.91. The highest BCUT2D eigenvalue weighted by Gasteiger charge is 2.11. The van der Waals surface area contributed by atoms with E-state index in [0.717, 1.165) is 27.6 Å². The van der Waals surface area contributed by atoms with Crippen LogP contribution in [0.5, 0.6) is 0 Å². The number of nitrogen functional groups attached to an aromatic ring is 1. The number of rotatable bonds is 3. The summed E-state index contributed by atoms with van der Waals surface area (Å²) < 4.78 is 20.8. The van der Waals surface area contributed by atoms with Crippen LogP contribution in [0.4, 0.5) is 5.82 Å². The summed E-state index contributed by atoms with van der Waals surface area (Å²) in [6.07, 6.45) is 6.86.